The van der Waals surface area contributed by atoms with E-state index < -0.39 is 8.07 Å². The van der Waals surface area contributed by atoms with Crippen LogP contribution in [0.2, 0.25) is 0 Å². The molecule has 4 aromatic carbocycles. The van der Waals surface area contributed by atoms with Gasteiger partial charge in [0.1, 0.15) is 0 Å². The summed E-state index contributed by atoms with van der Waals surface area (Å²) in [5.41, 5.74) is 3.12. The van der Waals surface area contributed by atoms with Crippen LogP contribution in [0, 0.1) is 0 Å². The molecule has 2 aromatic heterocycles. The Kier molecular flexibility index (Phi) is 5.86. The van der Waals surface area contributed by atoms with Crippen LogP contribution >= 0.6 is 0 Å². The van der Waals surface area contributed by atoms with Gasteiger partial charge in [0.05, 0.1) is 16.7 Å². The molecule has 0 unspecified atom stereocenters. The summed E-state index contributed by atoms with van der Waals surface area (Å²) in [5.74, 6) is 0. The molecule has 0 N–H and O–H groups in total. The van der Waals surface area contributed by atoms with Gasteiger partial charge in [0.2, 0.25) is 8.07 Å². The van der Waals surface area contributed by atoms with Crippen molar-refractivity contribution in [3.05, 3.63) is 152 Å². The molecule has 0 saturated heterocycles. The normalized spacial score (nSPS) is 11.3. The van der Waals surface area contributed by atoms with Crippen LogP contribution in [-0.2, 0) is 0 Å². The van der Waals surface area contributed by atoms with E-state index in [4.69, 9.17) is 10.1 Å². The Labute approximate surface area is 212 Å². The molecule has 172 valence electrons. The maximum absolute atomic E-state index is 5.34. The molecule has 0 amide bonds. The highest BCUT2D eigenvalue weighted by molar-refractivity contribution is 7.19. The average molecular weight is 480 g/mol. The molecular weight excluding hydrogens is 454 g/mol. The first-order chi connectivity index (χ1) is 17.9. The minimum absolute atomic E-state index is 0.972. The first-order valence-electron chi connectivity index (χ1n) is 12.1. The number of para-hydroxylation sites is 1. The van der Waals surface area contributed by atoms with Gasteiger partial charge in [-0.15, -0.1) is 0 Å². The van der Waals surface area contributed by atoms with E-state index in [1.54, 1.807) is 0 Å². The van der Waals surface area contributed by atoms with E-state index in [0.717, 1.165) is 27.6 Å². The smallest absolute Gasteiger partial charge is 0.225 e. The van der Waals surface area contributed by atoms with Crippen LogP contribution in [0.5, 0.6) is 0 Å². The van der Waals surface area contributed by atoms with E-state index in [0.29, 0.717) is 0 Å². The van der Waals surface area contributed by atoms with E-state index in [1.165, 1.54) is 10.4 Å². The molecule has 6 rings (SSSR count). The lowest BCUT2D eigenvalue weighted by Gasteiger charge is -2.31. The predicted octanol–water partition coefficient (Wildman–Crippen LogP) is 4.31. The Balaban J connectivity index is 1.65. The summed E-state index contributed by atoms with van der Waals surface area (Å²) in [5, 5.41) is 9.86. The molecule has 0 aliphatic heterocycles. The Morgan fingerprint density at radius 1 is 0.472 bits per heavy atom. The summed E-state index contributed by atoms with van der Waals surface area (Å²) in [6, 6.07) is 50.8. The van der Waals surface area contributed by atoms with E-state index in [9.17, 15) is 0 Å². The third kappa shape index (κ3) is 3.88. The first-order valence-corrected chi connectivity index (χ1v) is 14.1. The molecular formula is C32H25N3Si. The minimum atomic E-state index is -2.82. The first kappa shape index (κ1) is 22.0. The van der Waals surface area contributed by atoms with Gasteiger partial charge in [-0.1, -0.05) is 115 Å². The zero-order chi connectivity index (χ0) is 24.2. The van der Waals surface area contributed by atoms with Crippen LogP contribution in [0.3, 0.4) is 0 Å². The molecule has 0 saturated carbocycles. The molecule has 0 bridgehead atoms. The molecule has 0 aliphatic rings. The fourth-order valence-electron chi connectivity index (χ4n) is 4.93. The predicted molar refractivity (Wildman–Crippen MR) is 150 cm³/mol. The van der Waals surface area contributed by atoms with Crippen molar-refractivity contribution in [2.45, 2.75) is 0 Å². The van der Waals surface area contributed by atoms with Crippen molar-refractivity contribution in [3.8, 4) is 16.9 Å². The third-order valence-corrected chi connectivity index (χ3v) is 11.1. The van der Waals surface area contributed by atoms with E-state index in [-0.39, 0.29) is 0 Å². The second kappa shape index (κ2) is 9.60. The number of hydrogen-bond donors (Lipinski definition) is 0. The van der Waals surface area contributed by atoms with Crippen LogP contribution in [0.25, 0.3) is 16.9 Å². The maximum Gasteiger partial charge on any atom is 0.225 e. The molecule has 2 heterocycles. The van der Waals surface area contributed by atoms with Crippen LogP contribution in [-0.4, -0.2) is 22.8 Å². The fourth-order valence-corrected chi connectivity index (χ4v) is 9.31. The Bertz CT molecular complexity index is 1520. The van der Waals surface area contributed by atoms with Crippen LogP contribution in [0.4, 0.5) is 0 Å². The average Bonchev–Trinajstić information content (AvgIpc) is 3.46. The quantitative estimate of drug-likeness (QED) is 0.333. The molecule has 3 nitrogen and oxygen atoms in total. The van der Waals surface area contributed by atoms with Crippen molar-refractivity contribution in [1.29, 1.82) is 0 Å². The summed E-state index contributed by atoms with van der Waals surface area (Å²) >= 11 is 0. The maximum atomic E-state index is 5.34. The van der Waals surface area contributed by atoms with Gasteiger partial charge in [-0.2, -0.15) is 5.10 Å². The second-order valence-electron chi connectivity index (χ2n) is 8.74. The van der Waals surface area contributed by atoms with Crippen molar-refractivity contribution >= 4 is 29.1 Å². The van der Waals surface area contributed by atoms with Crippen LogP contribution in [0.15, 0.2) is 152 Å². The van der Waals surface area contributed by atoms with Gasteiger partial charge in [-0.25, -0.2) is 4.68 Å². The van der Waals surface area contributed by atoms with E-state index in [1.807, 2.05) is 28.9 Å². The number of nitrogens with zero attached hydrogens (tertiary/aromatic N) is 3. The standard InChI is InChI=1S/C32H25N3Si/c1-5-14-26(15-6-1)30-22-13-23-31(33-30)36(28-18-9-3-10-19-28,29-20-11-4-12-21-29)32-24-25-35(34-32)27-16-7-2-8-17-27/h1-25H. The Morgan fingerprint density at radius 3 is 1.64 bits per heavy atom. The summed E-state index contributed by atoms with van der Waals surface area (Å²) in [7, 11) is -2.82. The topological polar surface area (TPSA) is 30.7 Å². The second-order valence-corrected chi connectivity index (χ2v) is 12.4. The van der Waals surface area contributed by atoms with Gasteiger partial charge < -0.3 is 0 Å². The molecule has 0 spiro atoms. The van der Waals surface area contributed by atoms with Gasteiger partial charge in [-0.3, -0.25) is 4.98 Å². The molecule has 0 radical (unpaired) electrons. The minimum Gasteiger partial charge on any atom is -0.256 e. The van der Waals surface area contributed by atoms with Gasteiger partial charge >= 0.3 is 0 Å². The monoisotopic (exact) mass is 479 g/mol. The molecule has 6 aromatic rings. The third-order valence-electron chi connectivity index (χ3n) is 6.61. The lowest BCUT2D eigenvalue weighted by atomic mass is 10.1. The number of rotatable bonds is 6. The lowest BCUT2D eigenvalue weighted by molar-refractivity contribution is 0.891. The fraction of sp³-hybridized carbons (Fsp3) is 0. The highest BCUT2D eigenvalue weighted by Gasteiger charge is 2.45. The SMILES string of the molecule is c1ccc(-c2cccc([Si](c3ccccc3)(c3ccccc3)c3ccn(-c4ccccc4)n3)n2)cc1. The molecule has 4 heteroatoms. The Hall–Kier alpha value is -4.54. The molecule has 0 fully saturated rings. The van der Waals surface area contributed by atoms with Gasteiger partial charge in [-0.05, 0) is 40.7 Å². The van der Waals surface area contributed by atoms with Crippen molar-refractivity contribution in [1.82, 2.24) is 14.8 Å². The van der Waals surface area contributed by atoms with Crippen LogP contribution in [0.1, 0.15) is 0 Å². The van der Waals surface area contributed by atoms with Crippen molar-refractivity contribution < 1.29 is 0 Å². The van der Waals surface area contributed by atoms with Crippen molar-refractivity contribution in [2.75, 3.05) is 0 Å². The number of benzene rings is 4. The number of aromatic nitrogens is 3. The number of pyridine rings is 1. The summed E-state index contributed by atoms with van der Waals surface area (Å²) < 4.78 is 1.98. The number of hydrogen-bond acceptors (Lipinski definition) is 2. The van der Waals surface area contributed by atoms with Gasteiger partial charge in [0, 0.05) is 17.1 Å². The summed E-state index contributed by atoms with van der Waals surface area (Å²) in [6.45, 7) is 0. The highest BCUT2D eigenvalue weighted by atomic mass is 28.3. The van der Waals surface area contributed by atoms with Crippen LogP contribution < -0.4 is 21.0 Å². The highest BCUT2D eigenvalue weighted by Crippen LogP contribution is 2.16. The molecule has 36 heavy (non-hydrogen) atoms. The van der Waals surface area contributed by atoms with Gasteiger partial charge in [0.15, 0.2) is 0 Å². The van der Waals surface area contributed by atoms with Crippen molar-refractivity contribution in [2.24, 2.45) is 0 Å². The Morgan fingerprint density at radius 2 is 1.03 bits per heavy atom. The summed E-state index contributed by atoms with van der Waals surface area (Å²) in [6.07, 6.45) is 2.07. The lowest BCUT2D eigenvalue weighted by Crippen LogP contribution is -2.76. The zero-order valence-corrected chi connectivity index (χ0v) is 20.8. The molecule has 0 aliphatic carbocycles. The van der Waals surface area contributed by atoms with Gasteiger partial charge in [0.25, 0.3) is 0 Å². The van der Waals surface area contributed by atoms with E-state index >= 15 is 0 Å². The van der Waals surface area contributed by atoms with Crippen molar-refractivity contribution in [3.63, 3.8) is 0 Å². The zero-order valence-electron chi connectivity index (χ0n) is 19.8. The molecule has 0 atom stereocenters. The largest absolute Gasteiger partial charge is 0.256 e. The summed E-state index contributed by atoms with van der Waals surface area (Å²) in [4.78, 5) is 5.34. The van der Waals surface area contributed by atoms with E-state index in [2.05, 4.69) is 128 Å².